The lowest BCUT2D eigenvalue weighted by molar-refractivity contribution is -0.117. The van der Waals surface area contributed by atoms with E-state index in [2.05, 4.69) is 15.5 Å². The topological polar surface area (TPSA) is 69.0 Å². The van der Waals surface area contributed by atoms with Crippen molar-refractivity contribution in [2.75, 3.05) is 5.32 Å². The Kier molecular flexibility index (Phi) is 5.85. The third kappa shape index (κ3) is 4.55. The highest BCUT2D eigenvalue weighted by molar-refractivity contribution is 5.95. The molecule has 6 nitrogen and oxygen atoms in total. The number of benzene rings is 2. The van der Waals surface area contributed by atoms with Gasteiger partial charge in [-0.2, -0.15) is 0 Å². The van der Waals surface area contributed by atoms with Crippen LogP contribution >= 0.6 is 0 Å². The molecule has 30 heavy (non-hydrogen) atoms. The van der Waals surface area contributed by atoms with E-state index in [4.69, 9.17) is 4.74 Å². The quantitative estimate of drug-likeness (QED) is 0.465. The second kappa shape index (κ2) is 9.05. The van der Waals surface area contributed by atoms with E-state index in [1.807, 2.05) is 84.5 Å². The minimum absolute atomic E-state index is 0.0242. The second-order valence-corrected chi connectivity index (χ2v) is 6.81. The number of aromatic nitrogens is 3. The van der Waals surface area contributed by atoms with Gasteiger partial charge in [0.1, 0.15) is 5.75 Å². The number of carbonyl (C=O) groups is 1. The van der Waals surface area contributed by atoms with Crippen LogP contribution in [-0.2, 0) is 4.79 Å². The van der Waals surface area contributed by atoms with Crippen molar-refractivity contribution < 1.29 is 9.53 Å². The van der Waals surface area contributed by atoms with E-state index in [9.17, 15) is 4.79 Å². The summed E-state index contributed by atoms with van der Waals surface area (Å²) in [6.45, 7) is 2.01. The maximum atomic E-state index is 12.7. The average Bonchev–Trinajstić information content (AvgIpc) is 3.32. The van der Waals surface area contributed by atoms with E-state index in [0.717, 1.165) is 17.7 Å². The molecule has 2 heterocycles. The van der Waals surface area contributed by atoms with Crippen molar-refractivity contribution in [3.05, 3.63) is 96.8 Å². The fraction of sp³-hybridized carbons (Fsp3) is 0.125. The Morgan fingerprint density at radius 1 is 0.933 bits per heavy atom. The monoisotopic (exact) mass is 398 g/mol. The SMILES string of the molecule is CCC(C(=O)Nc1ccc(Oc2ccc(-n3cccc3)nn2)cc1)c1ccccc1. The number of rotatable bonds is 7. The standard InChI is InChI=1S/C24H22N4O2/c1-2-21(18-8-4-3-5-9-18)24(29)25-19-10-12-20(13-11-19)30-23-15-14-22(26-27-23)28-16-6-7-17-28/h3-17,21H,2H2,1H3,(H,25,29). The van der Waals surface area contributed by atoms with E-state index in [1.165, 1.54) is 0 Å². The Balaban J connectivity index is 1.38. The first-order chi connectivity index (χ1) is 14.7. The first kappa shape index (κ1) is 19.4. The third-order valence-electron chi connectivity index (χ3n) is 4.77. The third-order valence-corrected chi connectivity index (χ3v) is 4.77. The predicted octanol–water partition coefficient (Wildman–Crippen LogP) is 5.19. The minimum Gasteiger partial charge on any atom is -0.438 e. The van der Waals surface area contributed by atoms with Gasteiger partial charge in [-0.3, -0.25) is 4.79 Å². The molecule has 0 aliphatic rings. The number of anilines is 1. The molecule has 1 unspecified atom stereocenters. The van der Waals surface area contributed by atoms with Gasteiger partial charge in [0.2, 0.25) is 11.8 Å². The summed E-state index contributed by atoms with van der Waals surface area (Å²) in [5, 5.41) is 11.2. The molecule has 0 aliphatic heterocycles. The Morgan fingerprint density at radius 3 is 2.30 bits per heavy atom. The van der Waals surface area contributed by atoms with Crippen LogP contribution in [0.25, 0.3) is 5.82 Å². The van der Waals surface area contributed by atoms with E-state index >= 15 is 0 Å². The summed E-state index contributed by atoms with van der Waals surface area (Å²) >= 11 is 0. The largest absolute Gasteiger partial charge is 0.438 e. The van der Waals surface area contributed by atoms with Gasteiger partial charge >= 0.3 is 0 Å². The molecule has 0 saturated carbocycles. The van der Waals surface area contributed by atoms with Crippen LogP contribution in [0.1, 0.15) is 24.8 Å². The molecule has 0 fully saturated rings. The summed E-state index contributed by atoms with van der Waals surface area (Å²) in [6.07, 6.45) is 4.53. The summed E-state index contributed by atoms with van der Waals surface area (Å²) in [7, 11) is 0. The zero-order chi connectivity index (χ0) is 20.8. The summed E-state index contributed by atoms with van der Waals surface area (Å²) in [6, 6.07) is 24.5. The molecule has 0 spiro atoms. The summed E-state index contributed by atoms with van der Waals surface area (Å²) in [4.78, 5) is 12.7. The zero-order valence-electron chi connectivity index (χ0n) is 16.6. The van der Waals surface area contributed by atoms with Crippen LogP contribution in [0, 0.1) is 0 Å². The van der Waals surface area contributed by atoms with Crippen molar-refractivity contribution in [2.24, 2.45) is 0 Å². The van der Waals surface area contributed by atoms with Gasteiger partial charge in [0.15, 0.2) is 5.82 Å². The second-order valence-electron chi connectivity index (χ2n) is 6.81. The molecule has 0 radical (unpaired) electrons. The Morgan fingerprint density at radius 2 is 1.67 bits per heavy atom. The van der Waals surface area contributed by atoms with E-state index < -0.39 is 0 Å². The van der Waals surface area contributed by atoms with Gasteiger partial charge in [-0.15, -0.1) is 10.2 Å². The molecule has 4 aromatic rings. The average molecular weight is 398 g/mol. The molecule has 0 aliphatic carbocycles. The van der Waals surface area contributed by atoms with Crippen molar-refractivity contribution in [3.8, 4) is 17.4 Å². The molecular weight excluding hydrogens is 376 g/mol. The number of hydrogen-bond acceptors (Lipinski definition) is 4. The molecule has 6 heteroatoms. The van der Waals surface area contributed by atoms with Gasteiger partial charge < -0.3 is 14.6 Å². The van der Waals surface area contributed by atoms with Gasteiger partial charge in [0.05, 0.1) is 5.92 Å². The summed E-state index contributed by atoms with van der Waals surface area (Å²) in [5.74, 6) is 1.53. The minimum atomic E-state index is -0.184. The molecule has 150 valence electrons. The molecule has 1 amide bonds. The van der Waals surface area contributed by atoms with Crippen molar-refractivity contribution >= 4 is 11.6 Å². The van der Waals surface area contributed by atoms with Crippen LogP contribution in [0.5, 0.6) is 11.6 Å². The van der Waals surface area contributed by atoms with Gasteiger partial charge in [-0.1, -0.05) is 37.3 Å². The molecule has 1 N–H and O–H groups in total. The Bertz CT molecular complexity index is 1080. The van der Waals surface area contributed by atoms with Crippen LogP contribution in [0.3, 0.4) is 0 Å². The lowest BCUT2D eigenvalue weighted by atomic mass is 9.95. The first-order valence-electron chi connectivity index (χ1n) is 9.84. The normalized spacial score (nSPS) is 11.6. The van der Waals surface area contributed by atoms with Crippen molar-refractivity contribution in [1.29, 1.82) is 0 Å². The summed E-state index contributed by atoms with van der Waals surface area (Å²) in [5.41, 5.74) is 1.73. The van der Waals surface area contributed by atoms with Gasteiger partial charge in [-0.25, -0.2) is 0 Å². The van der Waals surface area contributed by atoms with Crippen LogP contribution in [-0.4, -0.2) is 20.7 Å². The van der Waals surface area contributed by atoms with Crippen LogP contribution in [0.4, 0.5) is 5.69 Å². The highest BCUT2D eigenvalue weighted by Gasteiger charge is 2.18. The van der Waals surface area contributed by atoms with Gasteiger partial charge in [-0.05, 0) is 54.4 Å². The number of nitrogens with one attached hydrogen (secondary N) is 1. The number of hydrogen-bond donors (Lipinski definition) is 1. The highest BCUT2D eigenvalue weighted by Crippen LogP contribution is 2.24. The zero-order valence-corrected chi connectivity index (χ0v) is 16.6. The van der Waals surface area contributed by atoms with Gasteiger partial charge in [0, 0.05) is 24.1 Å². The van der Waals surface area contributed by atoms with E-state index in [1.54, 1.807) is 18.2 Å². The molecule has 0 saturated heterocycles. The predicted molar refractivity (Wildman–Crippen MR) is 116 cm³/mol. The molecular formula is C24H22N4O2. The Hall–Kier alpha value is -3.93. The van der Waals surface area contributed by atoms with E-state index in [-0.39, 0.29) is 11.8 Å². The molecule has 1 atom stereocenters. The number of carbonyl (C=O) groups excluding carboxylic acids is 1. The summed E-state index contributed by atoms with van der Waals surface area (Å²) < 4.78 is 7.62. The molecule has 0 bridgehead atoms. The molecule has 2 aromatic carbocycles. The van der Waals surface area contributed by atoms with Crippen molar-refractivity contribution in [1.82, 2.24) is 14.8 Å². The smallest absolute Gasteiger partial charge is 0.238 e. The highest BCUT2D eigenvalue weighted by atomic mass is 16.5. The van der Waals surface area contributed by atoms with Crippen LogP contribution in [0.15, 0.2) is 91.3 Å². The lowest BCUT2D eigenvalue weighted by Gasteiger charge is -2.15. The number of nitrogens with zero attached hydrogens (tertiary/aromatic N) is 3. The fourth-order valence-electron chi connectivity index (χ4n) is 3.21. The van der Waals surface area contributed by atoms with Crippen LogP contribution in [0.2, 0.25) is 0 Å². The Labute approximate surface area is 175 Å². The van der Waals surface area contributed by atoms with Crippen molar-refractivity contribution in [2.45, 2.75) is 19.3 Å². The first-order valence-corrected chi connectivity index (χ1v) is 9.84. The maximum Gasteiger partial charge on any atom is 0.238 e. The lowest BCUT2D eigenvalue weighted by Crippen LogP contribution is -2.20. The van der Waals surface area contributed by atoms with Gasteiger partial charge in [0.25, 0.3) is 0 Å². The maximum absolute atomic E-state index is 12.7. The number of amides is 1. The van der Waals surface area contributed by atoms with Crippen molar-refractivity contribution in [3.63, 3.8) is 0 Å². The fourth-order valence-corrected chi connectivity index (χ4v) is 3.21. The molecule has 4 rings (SSSR count). The number of ether oxygens (including phenoxy) is 1. The van der Waals surface area contributed by atoms with Crippen LogP contribution < -0.4 is 10.1 Å². The van der Waals surface area contributed by atoms with E-state index in [0.29, 0.717) is 17.4 Å². The molecule has 2 aromatic heterocycles.